The van der Waals surface area contributed by atoms with Gasteiger partial charge in [-0.1, -0.05) is 19.1 Å². The third-order valence-corrected chi connectivity index (χ3v) is 5.54. The number of carbonyl (C=O) groups is 3. The highest BCUT2D eigenvalue weighted by Crippen LogP contribution is 2.33. The number of hydrogen-bond donors (Lipinski definition) is 1. The largest absolute Gasteiger partial charge is 0.461 e. The fourth-order valence-electron chi connectivity index (χ4n) is 3.78. The van der Waals surface area contributed by atoms with Gasteiger partial charge in [-0.3, -0.25) is 19.2 Å². The van der Waals surface area contributed by atoms with Crippen molar-refractivity contribution in [2.75, 3.05) is 31.8 Å². The van der Waals surface area contributed by atoms with Gasteiger partial charge in [-0.2, -0.15) is 5.10 Å². The van der Waals surface area contributed by atoms with Crippen molar-refractivity contribution in [2.24, 2.45) is 0 Å². The summed E-state index contributed by atoms with van der Waals surface area (Å²) in [5, 5.41) is 7.16. The van der Waals surface area contributed by atoms with Crippen molar-refractivity contribution in [2.45, 2.75) is 45.7 Å². The van der Waals surface area contributed by atoms with Crippen LogP contribution in [0.15, 0.2) is 30.3 Å². The van der Waals surface area contributed by atoms with E-state index in [0.717, 1.165) is 12.0 Å². The number of fused-ring (bicyclic) bond motifs is 1. The number of carbonyl (C=O) groups excluding carboxylic acids is 3. The van der Waals surface area contributed by atoms with E-state index in [1.807, 2.05) is 31.2 Å². The number of rotatable bonds is 9. The van der Waals surface area contributed by atoms with Crippen LogP contribution in [0.25, 0.3) is 0 Å². The van der Waals surface area contributed by atoms with Crippen LogP contribution in [0.3, 0.4) is 0 Å². The molecule has 2 amide bonds. The molecule has 172 valence electrons. The van der Waals surface area contributed by atoms with Gasteiger partial charge in [0.1, 0.15) is 11.2 Å². The van der Waals surface area contributed by atoms with E-state index < -0.39 is 17.4 Å². The highest BCUT2D eigenvalue weighted by molar-refractivity contribution is 6.12. The Morgan fingerprint density at radius 3 is 2.56 bits per heavy atom. The van der Waals surface area contributed by atoms with E-state index in [0.29, 0.717) is 25.3 Å². The Morgan fingerprint density at radius 2 is 1.94 bits per heavy atom. The molecular formula is C23H30N4O5. The minimum atomic E-state index is -1.25. The molecule has 32 heavy (non-hydrogen) atoms. The average Bonchev–Trinajstić information content (AvgIpc) is 3.21. The van der Waals surface area contributed by atoms with Crippen molar-refractivity contribution in [1.82, 2.24) is 15.1 Å². The van der Waals surface area contributed by atoms with Gasteiger partial charge in [0.25, 0.3) is 5.91 Å². The second kappa shape index (κ2) is 9.95. The molecule has 1 N–H and O–H groups in total. The molecule has 0 spiro atoms. The van der Waals surface area contributed by atoms with Gasteiger partial charge in [-0.15, -0.1) is 0 Å². The van der Waals surface area contributed by atoms with E-state index >= 15 is 0 Å². The number of anilines is 1. The molecule has 0 saturated heterocycles. The average molecular weight is 443 g/mol. The summed E-state index contributed by atoms with van der Waals surface area (Å²) < 4.78 is 11.5. The fraction of sp³-hybridized carbons (Fsp3) is 0.478. The first-order chi connectivity index (χ1) is 15.3. The summed E-state index contributed by atoms with van der Waals surface area (Å²) in [5.41, 5.74) is 0.756. The Hall–Kier alpha value is -3.20. The van der Waals surface area contributed by atoms with Crippen LogP contribution in [0, 0.1) is 0 Å². The second-order valence-corrected chi connectivity index (χ2v) is 7.83. The van der Waals surface area contributed by atoms with Crippen molar-refractivity contribution in [3.8, 4) is 0 Å². The molecule has 3 rings (SSSR count). The summed E-state index contributed by atoms with van der Waals surface area (Å²) in [6.07, 6.45) is 1.51. The number of hydrogen-bond acceptors (Lipinski definition) is 6. The minimum absolute atomic E-state index is 0.0428. The van der Waals surface area contributed by atoms with Gasteiger partial charge in [0.05, 0.1) is 13.2 Å². The molecule has 1 aliphatic heterocycles. The highest BCUT2D eigenvalue weighted by Gasteiger charge is 2.49. The van der Waals surface area contributed by atoms with Gasteiger partial charge < -0.3 is 14.8 Å². The van der Waals surface area contributed by atoms with Crippen molar-refractivity contribution in [3.05, 3.63) is 47.3 Å². The number of aryl methyl sites for hydroxylation is 1. The summed E-state index contributed by atoms with van der Waals surface area (Å²) in [4.78, 5) is 40.5. The SMILES string of the molecule is CCOC(=O)c1cc2n(n1)C[C@@](C)(C(=O)NCCCOC)N(c1ccc(CC)cc1)C2=O. The zero-order valence-electron chi connectivity index (χ0n) is 19.0. The monoisotopic (exact) mass is 442 g/mol. The topological polar surface area (TPSA) is 103 Å². The van der Waals surface area contributed by atoms with Gasteiger partial charge in [0.2, 0.25) is 5.91 Å². The van der Waals surface area contributed by atoms with Gasteiger partial charge in [-0.05, 0) is 44.4 Å². The van der Waals surface area contributed by atoms with Gasteiger partial charge >= 0.3 is 5.97 Å². The molecule has 1 aromatic heterocycles. The number of aromatic nitrogens is 2. The maximum Gasteiger partial charge on any atom is 0.358 e. The maximum absolute atomic E-state index is 13.6. The molecule has 2 aromatic rings. The molecule has 1 aromatic carbocycles. The number of amides is 2. The van der Waals surface area contributed by atoms with Crippen LogP contribution in [-0.4, -0.2) is 60.0 Å². The van der Waals surface area contributed by atoms with Crippen LogP contribution in [0.1, 0.15) is 53.7 Å². The number of benzene rings is 1. The van der Waals surface area contributed by atoms with Crippen LogP contribution in [0.5, 0.6) is 0 Å². The van der Waals surface area contributed by atoms with E-state index in [4.69, 9.17) is 9.47 Å². The lowest BCUT2D eigenvalue weighted by Gasteiger charge is -2.43. The lowest BCUT2D eigenvalue weighted by molar-refractivity contribution is -0.126. The first kappa shape index (κ1) is 23.5. The molecule has 0 saturated carbocycles. The van der Waals surface area contributed by atoms with E-state index in [2.05, 4.69) is 10.4 Å². The Balaban J connectivity index is 2.00. The fourth-order valence-corrected chi connectivity index (χ4v) is 3.78. The highest BCUT2D eigenvalue weighted by atomic mass is 16.5. The molecule has 2 heterocycles. The number of esters is 1. The smallest absolute Gasteiger partial charge is 0.358 e. The predicted molar refractivity (Wildman–Crippen MR) is 119 cm³/mol. The van der Waals surface area contributed by atoms with E-state index in [-0.39, 0.29) is 30.4 Å². The molecule has 0 radical (unpaired) electrons. The Bertz CT molecular complexity index is 985. The lowest BCUT2D eigenvalue weighted by Crippen LogP contribution is -2.64. The molecule has 1 atom stereocenters. The predicted octanol–water partition coefficient (Wildman–Crippen LogP) is 2.19. The van der Waals surface area contributed by atoms with Crippen LogP contribution in [0.2, 0.25) is 0 Å². The number of nitrogens with zero attached hydrogens (tertiary/aromatic N) is 3. The molecule has 9 heteroatoms. The van der Waals surface area contributed by atoms with Crippen LogP contribution < -0.4 is 10.2 Å². The molecule has 0 bridgehead atoms. The van der Waals surface area contributed by atoms with Gasteiger partial charge in [-0.25, -0.2) is 4.79 Å². The quantitative estimate of drug-likeness (QED) is 0.472. The number of methoxy groups -OCH3 is 1. The normalized spacial score (nSPS) is 17.8. The van der Waals surface area contributed by atoms with Gasteiger partial charge in [0.15, 0.2) is 5.69 Å². The third kappa shape index (κ3) is 4.52. The van der Waals surface area contributed by atoms with Gasteiger partial charge in [0, 0.05) is 32.0 Å². The van der Waals surface area contributed by atoms with Crippen LogP contribution in [0.4, 0.5) is 5.69 Å². The summed E-state index contributed by atoms with van der Waals surface area (Å²) in [5.74, 6) is -1.31. The molecule has 0 aliphatic carbocycles. The molecular weight excluding hydrogens is 412 g/mol. The Kier molecular flexibility index (Phi) is 7.29. The van der Waals surface area contributed by atoms with E-state index in [1.165, 1.54) is 15.6 Å². The van der Waals surface area contributed by atoms with Crippen LogP contribution >= 0.6 is 0 Å². The first-order valence-electron chi connectivity index (χ1n) is 10.8. The molecule has 0 fully saturated rings. The van der Waals surface area contributed by atoms with Crippen molar-refractivity contribution < 1.29 is 23.9 Å². The number of ether oxygens (including phenoxy) is 2. The maximum atomic E-state index is 13.6. The van der Waals surface area contributed by atoms with E-state index in [1.54, 1.807) is 21.0 Å². The zero-order valence-corrected chi connectivity index (χ0v) is 19.0. The summed E-state index contributed by atoms with van der Waals surface area (Å²) in [6.45, 7) is 6.69. The minimum Gasteiger partial charge on any atom is -0.461 e. The van der Waals surface area contributed by atoms with Crippen molar-refractivity contribution >= 4 is 23.5 Å². The third-order valence-electron chi connectivity index (χ3n) is 5.54. The summed E-state index contributed by atoms with van der Waals surface area (Å²) in [6, 6.07) is 8.98. The van der Waals surface area contributed by atoms with Crippen molar-refractivity contribution in [1.29, 1.82) is 0 Å². The van der Waals surface area contributed by atoms with Crippen LogP contribution in [-0.2, 0) is 27.2 Å². The zero-order chi connectivity index (χ0) is 23.3. The van der Waals surface area contributed by atoms with E-state index in [9.17, 15) is 14.4 Å². The molecule has 9 nitrogen and oxygen atoms in total. The number of nitrogens with one attached hydrogen (secondary N) is 1. The first-order valence-corrected chi connectivity index (χ1v) is 10.8. The summed E-state index contributed by atoms with van der Waals surface area (Å²) in [7, 11) is 1.60. The standard InChI is InChI=1S/C23H30N4O5/c1-5-16-8-10-17(11-9-16)27-20(28)19-14-18(21(29)32-6-2)25-26(19)15-23(27,3)22(30)24-12-7-13-31-4/h8-11,14H,5-7,12-13,15H2,1-4H3,(H,24,30)/t23-/m0/s1. The summed E-state index contributed by atoms with van der Waals surface area (Å²) >= 11 is 0. The molecule has 0 unspecified atom stereocenters. The second-order valence-electron chi connectivity index (χ2n) is 7.83. The lowest BCUT2D eigenvalue weighted by atomic mass is 9.93. The Labute approximate surface area is 187 Å². The van der Waals surface area contributed by atoms with Crippen molar-refractivity contribution in [3.63, 3.8) is 0 Å². The Morgan fingerprint density at radius 1 is 1.22 bits per heavy atom. The molecule has 1 aliphatic rings.